The first-order chi connectivity index (χ1) is 14.0. The van der Waals surface area contributed by atoms with E-state index in [4.69, 9.17) is 5.11 Å². The van der Waals surface area contributed by atoms with Crippen LogP contribution in [0.5, 0.6) is 0 Å². The number of thioether (sulfide) groups is 1. The number of amidine groups is 1. The van der Waals surface area contributed by atoms with Crippen LogP contribution < -0.4 is 5.32 Å². The normalized spacial score (nSPS) is 15.5. The Morgan fingerprint density at radius 1 is 1.14 bits per heavy atom. The lowest BCUT2D eigenvalue weighted by molar-refractivity contribution is -0.131. The summed E-state index contributed by atoms with van der Waals surface area (Å²) in [6.45, 7) is 2.03. The van der Waals surface area contributed by atoms with Crippen molar-refractivity contribution in [2.45, 2.75) is 24.4 Å². The fourth-order valence-corrected chi connectivity index (χ4v) is 3.25. The van der Waals surface area contributed by atoms with Crippen LogP contribution in [0, 0.1) is 0 Å². The molecule has 1 atom stereocenters. The van der Waals surface area contributed by atoms with Gasteiger partial charge in [0.15, 0.2) is 12.0 Å². The summed E-state index contributed by atoms with van der Waals surface area (Å²) in [7, 11) is 0. The van der Waals surface area contributed by atoms with Crippen LogP contribution in [-0.4, -0.2) is 34.7 Å². The number of nitrogens with zero attached hydrogens (tertiary/aromatic N) is 3. The predicted molar refractivity (Wildman–Crippen MR) is 115 cm³/mol. The van der Waals surface area contributed by atoms with E-state index >= 15 is 0 Å². The second kappa shape index (κ2) is 9.79. The van der Waals surface area contributed by atoms with E-state index in [9.17, 15) is 9.59 Å². The van der Waals surface area contributed by atoms with E-state index in [1.807, 2.05) is 19.1 Å². The van der Waals surface area contributed by atoms with Gasteiger partial charge in [0.2, 0.25) is 0 Å². The summed E-state index contributed by atoms with van der Waals surface area (Å²) in [6, 6.07) is 14.3. The van der Waals surface area contributed by atoms with Gasteiger partial charge in [-0.1, -0.05) is 19.1 Å². The van der Waals surface area contributed by atoms with Crippen LogP contribution >= 0.6 is 11.8 Å². The second-order valence-corrected chi connectivity index (χ2v) is 7.26. The molecule has 0 saturated heterocycles. The van der Waals surface area contributed by atoms with E-state index < -0.39 is 5.97 Å². The monoisotopic (exact) mass is 408 g/mol. The number of hydrogen-bond acceptors (Lipinski definition) is 6. The molecule has 1 aliphatic heterocycles. The van der Waals surface area contributed by atoms with E-state index in [1.165, 1.54) is 6.08 Å². The maximum Gasteiger partial charge on any atom is 0.328 e. The molecule has 0 aromatic heterocycles. The van der Waals surface area contributed by atoms with Gasteiger partial charge in [0.05, 0.1) is 5.75 Å². The molecular weight excluding hydrogens is 388 g/mol. The topological polar surface area (TPSA) is 103 Å². The van der Waals surface area contributed by atoms with Gasteiger partial charge in [0, 0.05) is 22.2 Å². The zero-order valence-corrected chi connectivity index (χ0v) is 16.6. The standard InChI is InChI=1S/C21H20N4O3S/c1-2-18-23-19(25-24-18)13-29-17-10-6-15(7-11-17)21(28)22-16-8-3-14(4-9-16)5-12-20(26)27/h3-12,18H,2,13H2,1H3,(H,22,28)(H,26,27)/b12-5+. The zero-order valence-electron chi connectivity index (χ0n) is 15.8. The third kappa shape index (κ3) is 6.11. The lowest BCUT2D eigenvalue weighted by Gasteiger charge is -2.07. The van der Waals surface area contributed by atoms with E-state index in [-0.39, 0.29) is 12.1 Å². The zero-order chi connectivity index (χ0) is 20.6. The molecule has 0 saturated carbocycles. The van der Waals surface area contributed by atoms with Crippen LogP contribution in [0.3, 0.4) is 0 Å². The number of nitrogens with one attached hydrogen (secondary N) is 1. The summed E-state index contributed by atoms with van der Waals surface area (Å²) in [5.74, 6) is 0.170. The highest BCUT2D eigenvalue weighted by atomic mass is 32.2. The molecule has 1 unspecified atom stereocenters. The minimum absolute atomic E-state index is 0.0427. The molecule has 1 heterocycles. The summed E-state index contributed by atoms with van der Waals surface area (Å²) < 4.78 is 0. The number of aliphatic carboxylic acids is 1. The molecule has 0 aliphatic carbocycles. The Kier molecular flexibility index (Phi) is 6.91. The fraction of sp³-hybridized carbons (Fsp3) is 0.190. The maximum atomic E-state index is 12.4. The van der Waals surface area contributed by atoms with E-state index in [0.717, 1.165) is 28.8 Å². The van der Waals surface area contributed by atoms with Crippen molar-refractivity contribution in [1.82, 2.24) is 0 Å². The number of carboxylic acids is 1. The molecule has 0 radical (unpaired) electrons. The number of benzene rings is 2. The lowest BCUT2D eigenvalue weighted by Crippen LogP contribution is -2.11. The smallest absolute Gasteiger partial charge is 0.328 e. The summed E-state index contributed by atoms with van der Waals surface area (Å²) in [6.07, 6.45) is 3.37. The first-order valence-corrected chi connectivity index (χ1v) is 10.0. The maximum absolute atomic E-state index is 12.4. The number of carboxylic acid groups (broad SMARTS) is 1. The average molecular weight is 408 g/mol. The number of aliphatic imine (C=N–C) groups is 1. The fourth-order valence-electron chi connectivity index (χ4n) is 2.49. The minimum Gasteiger partial charge on any atom is -0.478 e. The minimum atomic E-state index is -1.00. The largest absolute Gasteiger partial charge is 0.478 e. The summed E-state index contributed by atoms with van der Waals surface area (Å²) in [5, 5.41) is 19.6. The highest BCUT2D eigenvalue weighted by molar-refractivity contribution is 8.00. The van der Waals surface area contributed by atoms with Crippen molar-refractivity contribution < 1.29 is 14.7 Å². The van der Waals surface area contributed by atoms with Gasteiger partial charge in [-0.25, -0.2) is 9.79 Å². The Morgan fingerprint density at radius 2 is 1.86 bits per heavy atom. The number of azo groups is 1. The molecule has 29 heavy (non-hydrogen) atoms. The number of carbonyl (C=O) groups is 2. The SMILES string of the molecule is CCC1N=NC(CSc2ccc(C(=O)Nc3ccc(/C=C/C(=O)O)cc3)cc2)=N1. The van der Waals surface area contributed by atoms with Crippen molar-refractivity contribution in [3.8, 4) is 0 Å². The first-order valence-electron chi connectivity index (χ1n) is 9.06. The second-order valence-electron chi connectivity index (χ2n) is 6.21. The van der Waals surface area contributed by atoms with Gasteiger partial charge in [0.25, 0.3) is 5.91 Å². The van der Waals surface area contributed by atoms with Gasteiger partial charge in [-0.05, 0) is 54.5 Å². The Balaban J connectivity index is 1.53. The first kappa shape index (κ1) is 20.5. The van der Waals surface area contributed by atoms with Gasteiger partial charge < -0.3 is 10.4 Å². The highest BCUT2D eigenvalue weighted by Gasteiger charge is 2.12. The highest BCUT2D eigenvalue weighted by Crippen LogP contribution is 2.21. The van der Waals surface area contributed by atoms with Gasteiger partial charge in [-0.2, -0.15) is 5.11 Å². The number of carbonyl (C=O) groups excluding carboxylic acids is 1. The summed E-state index contributed by atoms with van der Waals surface area (Å²) in [4.78, 5) is 28.4. The number of anilines is 1. The summed E-state index contributed by atoms with van der Waals surface area (Å²) in [5.41, 5.74) is 1.92. The third-order valence-corrected chi connectivity index (χ3v) is 5.05. The van der Waals surface area contributed by atoms with Gasteiger partial charge in [-0.15, -0.1) is 16.9 Å². The molecule has 7 nitrogen and oxygen atoms in total. The molecule has 0 fully saturated rings. The van der Waals surface area contributed by atoms with Crippen molar-refractivity contribution in [2.24, 2.45) is 15.2 Å². The van der Waals surface area contributed by atoms with Crippen molar-refractivity contribution in [1.29, 1.82) is 0 Å². The molecule has 1 aliphatic rings. The number of hydrogen-bond donors (Lipinski definition) is 2. The van der Waals surface area contributed by atoms with Crippen LogP contribution in [0.25, 0.3) is 6.08 Å². The summed E-state index contributed by atoms with van der Waals surface area (Å²) >= 11 is 1.60. The Morgan fingerprint density at radius 3 is 2.48 bits per heavy atom. The number of rotatable bonds is 8. The van der Waals surface area contributed by atoms with Gasteiger partial charge >= 0.3 is 5.97 Å². The Hall–Kier alpha value is -3.26. The van der Waals surface area contributed by atoms with Crippen LogP contribution in [0.2, 0.25) is 0 Å². The van der Waals surface area contributed by atoms with Crippen LogP contribution in [0.15, 0.2) is 74.7 Å². The average Bonchev–Trinajstić information content (AvgIpc) is 3.20. The molecule has 8 heteroatoms. The van der Waals surface area contributed by atoms with Crippen molar-refractivity contribution in [3.05, 3.63) is 65.7 Å². The molecule has 0 spiro atoms. The van der Waals surface area contributed by atoms with Crippen LogP contribution in [0.4, 0.5) is 5.69 Å². The molecule has 2 N–H and O–H groups in total. The molecular formula is C21H20N4O3S. The van der Waals surface area contributed by atoms with Crippen LogP contribution in [-0.2, 0) is 4.79 Å². The van der Waals surface area contributed by atoms with E-state index in [0.29, 0.717) is 17.0 Å². The van der Waals surface area contributed by atoms with Crippen molar-refractivity contribution >= 4 is 41.2 Å². The molecule has 2 aromatic carbocycles. The van der Waals surface area contributed by atoms with E-state index in [1.54, 1.807) is 48.2 Å². The van der Waals surface area contributed by atoms with Crippen LogP contribution in [0.1, 0.15) is 29.3 Å². The van der Waals surface area contributed by atoms with Crippen molar-refractivity contribution in [3.63, 3.8) is 0 Å². The van der Waals surface area contributed by atoms with E-state index in [2.05, 4.69) is 20.5 Å². The molecule has 1 amide bonds. The number of amides is 1. The van der Waals surface area contributed by atoms with Gasteiger partial charge in [-0.3, -0.25) is 4.79 Å². The Bertz CT molecular complexity index is 966. The Labute approximate surface area is 172 Å². The lowest BCUT2D eigenvalue weighted by atomic mass is 10.1. The molecule has 3 rings (SSSR count). The molecule has 0 bridgehead atoms. The predicted octanol–water partition coefficient (Wildman–Crippen LogP) is 4.73. The molecule has 148 valence electrons. The van der Waals surface area contributed by atoms with Crippen molar-refractivity contribution in [2.75, 3.05) is 11.1 Å². The quantitative estimate of drug-likeness (QED) is 0.487. The molecule has 2 aromatic rings. The van der Waals surface area contributed by atoms with Gasteiger partial charge in [0.1, 0.15) is 0 Å². The third-order valence-electron chi connectivity index (χ3n) is 4.04.